The van der Waals surface area contributed by atoms with Gasteiger partial charge >= 0.3 is 0 Å². The summed E-state index contributed by atoms with van der Waals surface area (Å²) in [6, 6.07) is 2.81. The van der Waals surface area contributed by atoms with E-state index in [0.29, 0.717) is 0 Å². The molecule has 0 unspecified atom stereocenters. The summed E-state index contributed by atoms with van der Waals surface area (Å²) < 4.78 is 0. The highest BCUT2D eigenvalue weighted by molar-refractivity contribution is 5.01. The minimum Gasteiger partial charge on any atom is -0.198 e. The lowest BCUT2D eigenvalue weighted by Gasteiger charge is -2.37. The van der Waals surface area contributed by atoms with Crippen LogP contribution < -0.4 is 0 Å². The minimum absolute atomic E-state index is 0.0377. The van der Waals surface area contributed by atoms with Gasteiger partial charge in [0.05, 0.1) is 11.5 Å². The number of hydrogen-bond acceptors (Lipinski definition) is 1. The molecule has 29 heavy (non-hydrogen) atoms. The van der Waals surface area contributed by atoms with E-state index in [9.17, 15) is 5.26 Å². The molecule has 0 aliphatic heterocycles. The summed E-state index contributed by atoms with van der Waals surface area (Å²) in [5.74, 6) is 2.85. The van der Waals surface area contributed by atoms with Crippen molar-refractivity contribution in [3.63, 3.8) is 0 Å². The third-order valence-corrected chi connectivity index (χ3v) is 8.48. The molecule has 0 bridgehead atoms. The zero-order valence-electron chi connectivity index (χ0n) is 20.0. The molecule has 0 aromatic rings. The van der Waals surface area contributed by atoms with Gasteiger partial charge in [0.15, 0.2) is 0 Å². The van der Waals surface area contributed by atoms with E-state index in [1.165, 1.54) is 135 Å². The van der Waals surface area contributed by atoms with Crippen molar-refractivity contribution in [2.24, 2.45) is 23.2 Å². The van der Waals surface area contributed by atoms with E-state index >= 15 is 0 Å². The summed E-state index contributed by atoms with van der Waals surface area (Å²) in [5.41, 5.74) is 0.0377. The Morgan fingerprint density at radius 3 is 1.59 bits per heavy atom. The number of nitriles is 1. The van der Waals surface area contributed by atoms with Gasteiger partial charge in [-0.15, -0.1) is 0 Å². The van der Waals surface area contributed by atoms with Crippen LogP contribution >= 0.6 is 0 Å². The monoisotopic (exact) mass is 401 g/mol. The molecule has 168 valence electrons. The first-order valence-corrected chi connectivity index (χ1v) is 13.6. The summed E-state index contributed by atoms with van der Waals surface area (Å²) in [7, 11) is 0. The summed E-state index contributed by atoms with van der Waals surface area (Å²) in [5, 5.41) is 9.95. The van der Waals surface area contributed by atoms with Gasteiger partial charge in [0.1, 0.15) is 0 Å². The van der Waals surface area contributed by atoms with Crippen LogP contribution in [0, 0.1) is 34.5 Å². The number of hydrogen-bond donors (Lipinski definition) is 0. The standard InChI is InChI=1S/C28H51N/c1-3-5-7-9-11-12-25-14-16-27(17-15-25)20-23-28(24-29)21-18-26(19-22-28)13-10-8-6-4-2/h25-27H,3-23H2,1-2H3/t25-,26-,27-,28-. The smallest absolute Gasteiger partial charge is 0.0689 e. The van der Waals surface area contributed by atoms with Crippen molar-refractivity contribution in [2.75, 3.05) is 0 Å². The molecule has 0 aromatic heterocycles. The molecule has 0 spiro atoms. The highest BCUT2D eigenvalue weighted by Crippen LogP contribution is 2.45. The maximum absolute atomic E-state index is 9.95. The molecule has 0 N–H and O–H groups in total. The zero-order valence-corrected chi connectivity index (χ0v) is 20.0. The quantitative estimate of drug-likeness (QED) is 0.266. The molecule has 0 saturated heterocycles. The normalized spacial score (nSPS) is 30.2. The van der Waals surface area contributed by atoms with Gasteiger partial charge in [0, 0.05) is 0 Å². The third-order valence-electron chi connectivity index (χ3n) is 8.48. The Morgan fingerprint density at radius 1 is 0.621 bits per heavy atom. The van der Waals surface area contributed by atoms with Gasteiger partial charge in [-0.25, -0.2) is 0 Å². The topological polar surface area (TPSA) is 23.8 Å². The van der Waals surface area contributed by atoms with Crippen LogP contribution in [0.1, 0.15) is 149 Å². The van der Waals surface area contributed by atoms with Crippen LogP contribution in [-0.2, 0) is 0 Å². The molecule has 1 nitrogen and oxygen atoms in total. The molecule has 2 aliphatic rings. The van der Waals surface area contributed by atoms with Gasteiger partial charge in [-0.3, -0.25) is 0 Å². The number of unbranched alkanes of at least 4 members (excludes halogenated alkanes) is 7. The van der Waals surface area contributed by atoms with E-state index in [-0.39, 0.29) is 5.41 Å². The zero-order chi connectivity index (χ0) is 20.8. The van der Waals surface area contributed by atoms with Gasteiger partial charge in [0.25, 0.3) is 0 Å². The largest absolute Gasteiger partial charge is 0.198 e. The molecule has 1 heteroatoms. The molecular weight excluding hydrogens is 350 g/mol. The second-order valence-corrected chi connectivity index (χ2v) is 10.8. The van der Waals surface area contributed by atoms with Crippen molar-refractivity contribution in [3.8, 4) is 6.07 Å². The van der Waals surface area contributed by atoms with Crippen LogP contribution in [0.3, 0.4) is 0 Å². The van der Waals surface area contributed by atoms with Crippen molar-refractivity contribution < 1.29 is 0 Å². The van der Waals surface area contributed by atoms with Crippen LogP contribution in [0.25, 0.3) is 0 Å². The predicted octanol–water partition coefficient (Wildman–Crippen LogP) is 9.60. The van der Waals surface area contributed by atoms with Crippen LogP contribution in [0.4, 0.5) is 0 Å². The summed E-state index contributed by atoms with van der Waals surface area (Å²) >= 11 is 0. The Morgan fingerprint density at radius 2 is 1.07 bits per heavy atom. The first-order valence-electron chi connectivity index (χ1n) is 13.6. The fourth-order valence-electron chi connectivity index (χ4n) is 6.12. The molecule has 2 rings (SSSR count). The third kappa shape index (κ3) is 9.44. The molecule has 2 fully saturated rings. The Balaban J connectivity index is 1.58. The highest BCUT2D eigenvalue weighted by Gasteiger charge is 2.36. The van der Waals surface area contributed by atoms with Gasteiger partial charge in [-0.05, 0) is 56.3 Å². The summed E-state index contributed by atoms with van der Waals surface area (Å²) in [6.45, 7) is 4.60. The minimum atomic E-state index is 0.0377. The average molecular weight is 402 g/mol. The first-order chi connectivity index (χ1) is 14.2. The predicted molar refractivity (Wildman–Crippen MR) is 127 cm³/mol. The van der Waals surface area contributed by atoms with Crippen molar-refractivity contribution in [1.29, 1.82) is 5.26 Å². The SMILES string of the molecule is CCCCCCC[C@H]1CC[C@H](CC[C@]2(C#N)CC[C@H](CCCCCC)CC2)CC1. The lowest BCUT2D eigenvalue weighted by Crippen LogP contribution is -2.27. The fourth-order valence-corrected chi connectivity index (χ4v) is 6.12. The lowest BCUT2D eigenvalue weighted by atomic mass is 9.66. The van der Waals surface area contributed by atoms with Crippen LogP contribution in [0.15, 0.2) is 0 Å². The molecule has 2 aliphatic carbocycles. The van der Waals surface area contributed by atoms with E-state index in [2.05, 4.69) is 19.9 Å². The van der Waals surface area contributed by atoms with Crippen LogP contribution in [0.5, 0.6) is 0 Å². The Kier molecular flexibility index (Phi) is 12.4. The van der Waals surface area contributed by atoms with Gasteiger partial charge in [-0.1, -0.05) is 110 Å². The number of rotatable bonds is 14. The van der Waals surface area contributed by atoms with E-state index in [1.807, 2.05) is 0 Å². The van der Waals surface area contributed by atoms with E-state index in [1.54, 1.807) is 0 Å². The molecule has 0 amide bonds. The van der Waals surface area contributed by atoms with Crippen molar-refractivity contribution in [3.05, 3.63) is 0 Å². The second kappa shape index (κ2) is 14.5. The first kappa shape index (κ1) is 24.8. The van der Waals surface area contributed by atoms with E-state index in [0.717, 1.165) is 17.8 Å². The summed E-state index contributed by atoms with van der Waals surface area (Å²) in [6.07, 6.45) is 29.0. The Hall–Kier alpha value is -0.510. The Bertz CT molecular complexity index is 432. The molecule has 0 atom stereocenters. The Labute approximate surface area is 183 Å². The van der Waals surface area contributed by atoms with Crippen molar-refractivity contribution >= 4 is 0 Å². The van der Waals surface area contributed by atoms with Crippen molar-refractivity contribution in [1.82, 2.24) is 0 Å². The lowest BCUT2D eigenvalue weighted by molar-refractivity contribution is 0.162. The maximum atomic E-state index is 9.95. The van der Waals surface area contributed by atoms with E-state index < -0.39 is 0 Å². The molecular formula is C28H51N. The van der Waals surface area contributed by atoms with Crippen molar-refractivity contribution in [2.45, 2.75) is 149 Å². The number of nitrogens with zero attached hydrogens (tertiary/aromatic N) is 1. The van der Waals surface area contributed by atoms with Crippen LogP contribution in [0.2, 0.25) is 0 Å². The molecule has 2 saturated carbocycles. The van der Waals surface area contributed by atoms with Gasteiger partial charge in [-0.2, -0.15) is 5.26 Å². The average Bonchev–Trinajstić information content (AvgIpc) is 2.77. The van der Waals surface area contributed by atoms with Gasteiger partial charge in [0.2, 0.25) is 0 Å². The fraction of sp³-hybridized carbons (Fsp3) is 0.964. The molecule has 0 radical (unpaired) electrons. The molecule has 0 heterocycles. The maximum Gasteiger partial charge on any atom is 0.0689 e. The highest BCUT2D eigenvalue weighted by atomic mass is 14.4. The van der Waals surface area contributed by atoms with E-state index in [4.69, 9.17) is 0 Å². The van der Waals surface area contributed by atoms with Crippen LogP contribution in [-0.4, -0.2) is 0 Å². The molecule has 0 aromatic carbocycles. The summed E-state index contributed by atoms with van der Waals surface area (Å²) in [4.78, 5) is 0. The second-order valence-electron chi connectivity index (χ2n) is 10.8. The van der Waals surface area contributed by atoms with Gasteiger partial charge < -0.3 is 0 Å².